The van der Waals surface area contributed by atoms with Crippen LogP contribution >= 0.6 is 0 Å². The van der Waals surface area contributed by atoms with Gasteiger partial charge >= 0.3 is 6.18 Å². The minimum Gasteiger partial charge on any atom is -0.427 e. The number of nitrogens with one attached hydrogen (secondary N) is 1. The summed E-state index contributed by atoms with van der Waals surface area (Å²) in [5.74, 6) is -4.87. The van der Waals surface area contributed by atoms with Crippen molar-refractivity contribution >= 4 is 18.1 Å². The largest absolute Gasteiger partial charge is 0.427 e. The first kappa shape index (κ1) is 17.4. The topological polar surface area (TPSA) is 55.4 Å². The summed E-state index contributed by atoms with van der Waals surface area (Å²) in [5, 5.41) is 1.93. The number of amides is 1. The van der Waals surface area contributed by atoms with Crippen LogP contribution in [0.2, 0.25) is 0 Å². The molecule has 0 spiro atoms. The number of rotatable bonds is 4. The Morgan fingerprint density at radius 3 is 2.38 bits per heavy atom. The van der Waals surface area contributed by atoms with Gasteiger partial charge in [-0.1, -0.05) is 12.1 Å². The molecule has 2 aromatic carbocycles. The zero-order valence-electron chi connectivity index (χ0n) is 11.7. The molecular formula is C15H8F5NO3. The lowest BCUT2D eigenvalue weighted by Crippen LogP contribution is -2.17. The zero-order chi connectivity index (χ0) is 17.9. The second kappa shape index (κ2) is 6.65. The molecule has 0 unspecified atom stereocenters. The summed E-state index contributed by atoms with van der Waals surface area (Å²) in [7, 11) is 0. The van der Waals surface area contributed by atoms with E-state index in [-0.39, 0.29) is 6.47 Å². The van der Waals surface area contributed by atoms with Gasteiger partial charge < -0.3 is 10.1 Å². The summed E-state index contributed by atoms with van der Waals surface area (Å²) in [6.45, 7) is -0.274. The van der Waals surface area contributed by atoms with Crippen molar-refractivity contribution in [2.45, 2.75) is 6.18 Å². The molecule has 126 valence electrons. The maximum atomic E-state index is 13.5. The van der Waals surface area contributed by atoms with Crippen molar-refractivity contribution in [3.05, 3.63) is 59.2 Å². The first-order chi connectivity index (χ1) is 11.3. The van der Waals surface area contributed by atoms with Crippen LogP contribution in [-0.2, 0) is 11.0 Å². The molecule has 0 bridgehead atoms. The van der Waals surface area contributed by atoms with E-state index < -0.39 is 46.3 Å². The van der Waals surface area contributed by atoms with Crippen molar-refractivity contribution in [2.24, 2.45) is 0 Å². The van der Waals surface area contributed by atoms with E-state index >= 15 is 0 Å². The molecule has 4 nitrogen and oxygen atoms in total. The number of alkyl halides is 3. The molecule has 0 aliphatic carbocycles. The van der Waals surface area contributed by atoms with Crippen LogP contribution < -0.4 is 10.1 Å². The van der Waals surface area contributed by atoms with Crippen LogP contribution in [0, 0.1) is 11.6 Å². The highest BCUT2D eigenvalue weighted by atomic mass is 19.4. The molecule has 0 aliphatic rings. The molecule has 0 atom stereocenters. The Kier molecular flexibility index (Phi) is 4.82. The number of anilines is 1. The molecule has 1 amide bonds. The predicted molar refractivity (Wildman–Crippen MR) is 72.4 cm³/mol. The van der Waals surface area contributed by atoms with Crippen molar-refractivity contribution < 1.29 is 36.3 Å². The average Bonchev–Trinajstić information content (AvgIpc) is 2.51. The van der Waals surface area contributed by atoms with Crippen LogP contribution in [0.1, 0.15) is 15.9 Å². The minimum atomic E-state index is -4.89. The number of benzene rings is 2. The van der Waals surface area contributed by atoms with E-state index in [0.29, 0.717) is 6.07 Å². The SMILES string of the molecule is O=COc1c(C(=O)Nc2cccc(F)c2F)cccc1C(F)(F)F. The molecule has 0 aliphatic heterocycles. The fraction of sp³-hybridized carbons (Fsp3) is 0.0667. The Balaban J connectivity index is 2.46. The van der Waals surface area contributed by atoms with Crippen molar-refractivity contribution in [2.75, 3.05) is 5.32 Å². The quantitative estimate of drug-likeness (QED) is 0.678. The molecule has 24 heavy (non-hydrogen) atoms. The number of hydrogen-bond donors (Lipinski definition) is 1. The van der Waals surface area contributed by atoms with Crippen LogP contribution in [-0.4, -0.2) is 12.4 Å². The molecule has 0 radical (unpaired) electrons. The van der Waals surface area contributed by atoms with Crippen molar-refractivity contribution in [3.63, 3.8) is 0 Å². The Hall–Kier alpha value is -2.97. The van der Waals surface area contributed by atoms with E-state index in [4.69, 9.17) is 0 Å². The van der Waals surface area contributed by atoms with Gasteiger partial charge in [0.05, 0.1) is 16.8 Å². The summed E-state index contributed by atoms with van der Waals surface area (Å²) in [4.78, 5) is 22.5. The Morgan fingerprint density at radius 2 is 1.75 bits per heavy atom. The second-order valence-electron chi connectivity index (χ2n) is 4.45. The van der Waals surface area contributed by atoms with Gasteiger partial charge in [0, 0.05) is 0 Å². The van der Waals surface area contributed by atoms with Gasteiger partial charge in [-0.2, -0.15) is 13.2 Å². The van der Waals surface area contributed by atoms with E-state index in [1.54, 1.807) is 0 Å². The van der Waals surface area contributed by atoms with Crippen LogP contribution in [0.25, 0.3) is 0 Å². The maximum Gasteiger partial charge on any atom is 0.420 e. The van der Waals surface area contributed by atoms with Gasteiger partial charge in [0.2, 0.25) is 0 Å². The van der Waals surface area contributed by atoms with E-state index in [9.17, 15) is 31.5 Å². The van der Waals surface area contributed by atoms with Gasteiger partial charge in [-0.3, -0.25) is 9.59 Å². The molecule has 2 rings (SSSR count). The lowest BCUT2D eigenvalue weighted by atomic mass is 10.1. The maximum absolute atomic E-state index is 13.5. The summed E-state index contributed by atoms with van der Waals surface area (Å²) >= 11 is 0. The Morgan fingerprint density at radius 1 is 1.08 bits per heavy atom. The third kappa shape index (κ3) is 3.50. The van der Waals surface area contributed by atoms with Crippen LogP contribution in [0.3, 0.4) is 0 Å². The lowest BCUT2D eigenvalue weighted by molar-refractivity contribution is -0.139. The lowest BCUT2D eigenvalue weighted by Gasteiger charge is -2.14. The number of carbonyl (C=O) groups excluding carboxylic acids is 2. The first-order valence-corrected chi connectivity index (χ1v) is 6.31. The third-order valence-corrected chi connectivity index (χ3v) is 2.93. The summed E-state index contributed by atoms with van der Waals surface area (Å²) in [6, 6.07) is 5.39. The van der Waals surface area contributed by atoms with Crippen LogP contribution in [0.4, 0.5) is 27.6 Å². The number of ether oxygens (including phenoxy) is 1. The van der Waals surface area contributed by atoms with Crippen LogP contribution in [0.15, 0.2) is 36.4 Å². The third-order valence-electron chi connectivity index (χ3n) is 2.93. The fourth-order valence-electron chi connectivity index (χ4n) is 1.90. The van der Waals surface area contributed by atoms with Crippen molar-refractivity contribution in [1.29, 1.82) is 0 Å². The highest BCUT2D eigenvalue weighted by Crippen LogP contribution is 2.38. The van der Waals surface area contributed by atoms with Gasteiger partial charge in [0.25, 0.3) is 12.4 Å². The molecule has 0 saturated heterocycles. The highest BCUT2D eigenvalue weighted by Gasteiger charge is 2.36. The molecule has 0 aromatic heterocycles. The number of halogens is 5. The number of hydrogen-bond acceptors (Lipinski definition) is 3. The van der Waals surface area contributed by atoms with E-state index in [2.05, 4.69) is 4.74 Å². The monoisotopic (exact) mass is 345 g/mol. The summed E-state index contributed by atoms with van der Waals surface area (Å²) < 4.78 is 69.7. The average molecular weight is 345 g/mol. The molecule has 0 fully saturated rings. The number of carbonyl (C=O) groups is 2. The van der Waals surface area contributed by atoms with Gasteiger partial charge in [-0.25, -0.2) is 8.78 Å². The van der Waals surface area contributed by atoms with Gasteiger partial charge in [0.15, 0.2) is 17.4 Å². The molecule has 0 saturated carbocycles. The molecule has 1 N–H and O–H groups in total. The minimum absolute atomic E-state index is 0.274. The normalized spacial score (nSPS) is 11.0. The standard InChI is InChI=1S/C15H8F5NO3/c16-10-5-2-6-11(12(10)17)21-14(23)8-3-1-4-9(15(18,19)20)13(8)24-7-22/h1-7H,(H,21,23). The summed E-state index contributed by atoms with van der Waals surface area (Å²) in [6.07, 6.45) is -4.89. The van der Waals surface area contributed by atoms with Crippen LogP contribution in [0.5, 0.6) is 5.75 Å². The zero-order valence-corrected chi connectivity index (χ0v) is 11.7. The molecule has 0 heterocycles. The Bertz CT molecular complexity index is 789. The molecule has 2 aromatic rings. The van der Waals surface area contributed by atoms with E-state index in [1.807, 2.05) is 5.32 Å². The highest BCUT2D eigenvalue weighted by molar-refractivity contribution is 6.06. The predicted octanol–water partition coefficient (Wildman–Crippen LogP) is 3.77. The molecule has 9 heteroatoms. The van der Waals surface area contributed by atoms with Gasteiger partial charge in [-0.05, 0) is 24.3 Å². The Labute approximate surface area is 131 Å². The second-order valence-corrected chi connectivity index (χ2v) is 4.45. The van der Waals surface area contributed by atoms with Crippen molar-refractivity contribution in [1.82, 2.24) is 0 Å². The van der Waals surface area contributed by atoms with E-state index in [1.165, 1.54) is 0 Å². The van der Waals surface area contributed by atoms with E-state index in [0.717, 1.165) is 30.3 Å². The first-order valence-electron chi connectivity index (χ1n) is 6.31. The summed E-state index contributed by atoms with van der Waals surface area (Å²) in [5.41, 5.74) is -2.60. The number of para-hydroxylation sites is 1. The molecular weight excluding hydrogens is 337 g/mol. The smallest absolute Gasteiger partial charge is 0.420 e. The van der Waals surface area contributed by atoms with Gasteiger partial charge in [0.1, 0.15) is 0 Å². The van der Waals surface area contributed by atoms with Crippen molar-refractivity contribution in [3.8, 4) is 5.75 Å². The fourth-order valence-corrected chi connectivity index (χ4v) is 1.90. The van der Waals surface area contributed by atoms with Gasteiger partial charge in [-0.15, -0.1) is 0 Å².